The molecule has 6 heteroatoms. The molecule has 0 aliphatic carbocycles. The van der Waals surface area contributed by atoms with Gasteiger partial charge in [0.15, 0.2) is 5.69 Å². The normalized spacial score (nSPS) is 10.1. The van der Waals surface area contributed by atoms with E-state index in [1.54, 1.807) is 6.07 Å². The number of aromatic carboxylic acids is 1. The Morgan fingerprint density at radius 1 is 1.44 bits per heavy atom. The molecular weight excluding hydrogens is 232 g/mol. The minimum Gasteiger partial charge on any atom is -0.476 e. The SMILES string of the molecule is O=C(O)c1nc(NCCCCO)ccc1Cl. The lowest BCUT2D eigenvalue weighted by molar-refractivity contribution is 0.0691. The monoisotopic (exact) mass is 244 g/mol. The minimum absolute atomic E-state index is 0.119. The van der Waals surface area contributed by atoms with Crippen LogP contribution >= 0.6 is 11.6 Å². The summed E-state index contributed by atoms with van der Waals surface area (Å²) in [4.78, 5) is 14.6. The average Bonchev–Trinajstić information content (AvgIpc) is 2.26. The van der Waals surface area contributed by atoms with Crippen LogP contribution in [-0.2, 0) is 0 Å². The number of hydrogen-bond donors (Lipinski definition) is 3. The van der Waals surface area contributed by atoms with Gasteiger partial charge in [0.25, 0.3) is 0 Å². The number of nitrogens with zero attached hydrogens (tertiary/aromatic N) is 1. The lowest BCUT2D eigenvalue weighted by atomic mass is 10.3. The average molecular weight is 245 g/mol. The molecule has 0 spiro atoms. The Balaban J connectivity index is 2.61. The van der Waals surface area contributed by atoms with Gasteiger partial charge in [0.1, 0.15) is 5.82 Å². The van der Waals surface area contributed by atoms with Gasteiger partial charge in [0.05, 0.1) is 5.02 Å². The van der Waals surface area contributed by atoms with Crippen molar-refractivity contribution in [1.82, 2.24) is 4.98 Å². The zero-order valence-corrected chi connectivity index (χ0v) is 9.37. The van der Waals surface area contributed by atoms with Gasteiger partial charge < -0.3 is 15.5 Å². The van der Waals surface area contributed by atoms with Gasteiger partial charge in [-0.2, -0.15) is 0 Å². The van der Waals surface area contributed by atoms with Gasteiger partial charge in [-0.15, -0.1) is 0 Å². The summed E-state index contributed by atoms with van der Waals surface area (Å²) in [7, 11) is 0. The first-order valence-corrected chi connectivity index (χ1v) is 5.27. The van der Waals surface area contributed by atoms with Crippen molar-refractivity contribution in [2.45, 2.75) is 12.8 Å². The van der Waals surface area contributed by atoms with Gasteiger partial charge in [-0.3, -0.25) is 0 Å². The summed E-state index contributed by atoms with van der Waals surface area (Å²) in [6.07, 6.45) is 1.50. The number of carbonyl (C=O) groups is 1. The summed E-state index contributed by atoms with van der Waals surface area (Å²) in [6.45, 7) is 0.782. The Hall–Kier alpha value is -1.33. The molecule has 3 N–H and O–H groups in total. The van der Waals surface area contributed by atoms with Crippen molar-refractivity contribution in [2.75, 3.05) is 18.5 Å². The van der Waals surface area contributed by atoms with E-state index in [4.69, 9.17) is 21.8 Å². The van der Waals surface area contributed by atoms with Crippen molar-refractivity contribution in [1.29, 1.82) is 0 Å². The third kappa shape index (κ3) is 3.67. The van der Waals surface area contributed by atoms with Crippen LogP contribution in [0.4, 0.5) is 5.82 Å². The number of carboxylic acids is 1. The number of anilines is 1. The number of unbranched alkanes of at least 4 members (excludes halogenated alkanes) is 1. The zero-order chi connectivity index (χ0) is 12.0. The van der Waals surface area contributed by atoms with Crippen molar-refractivity contribution >= 4 is 23.4 Å². The fourth-order valence-electron chi connectivity index (χ4n) is 1.14. The molecule has 88 valence electrons. The van der Waals surface area contributed by atoms with Gasteiger partial charge in [-0.05, 0) is 25.0 Å². The molecule has 0 bridgehead atoms. The first-order valence-electron chi connectivity index (χ1n) is 4.89. The second-order valence-corrected chi connectivity index (χ2v) is 3.60. The molecule has 0 fully saturated rings. The van der Waals surface area contributed by atoms with E-state index < -0.39 is 5.97 Å². The Kier molecular flexibility index (Phi) is 5.01. The first-order chi connectivity index (χ1) is 7.65. The number of aliphatic hydroxyl groups excluding tert-OH is 1. The van der Waals surface area contributed by atoms with Gasteiger partial charge >= 0.3 is 5.97 Å². The summed E-state index contributed by atoms with van der Waals surface area (Å²) in [5.74, 6) is -0.677. The quantitative estimate of drug-likeness (QED) is 0.663. The highest BCUT2D eigenvalue weighted by atomic mass is 35.5. The van der Waals surface area contributed by atoms with Crippen LogP contribution in [0.5, 0.6) is 0 Å². The highest BCUT2D eigenvalue weighted by Crippen LogP contribution is 2.16. The lowest BCUT2D eigenvalue weighted by Crippen LogP contribution is -2.08. The van der Waals surface area contributed by atoms with Gasteiger partial charge in [-0.25, -0.2) is 9.78 Å². The van der Waals surface area contributed by atoms with Crippen LogP contribution in [0.25, 0.3) is 0 Å². The van der Waals surface area contributed by atoms with Crippen molar-refractivity contribution < 1.29 is 15.0 Å². The van der Waals surface area contributed by atoms with Gasteiger partial charge in [0.2, 0.25) is 0 Å². The number of aromatic nitrogens is 1. The van der Waals surface area contributed by atoms with Crippen molar-refractivity contribution in [3.63, 3.8) is 0 Å². The second-order valence-electron chi connectivity index (χ2n) is 3.19. The molecule has 1 aromatic heterocycles. The summed E-state index contributed by atoms with van der Waals surface area (Å²) < 4.78 is 0. The van der Waals surface area contributed by atoms with E-state index in [1.165, 1.54) is 6.07 Å². The Bertz CT molecular complexity index is 371. The standard InChI is InChI=1S/C10H13ClN2O3/c11-7-3-4-8(12-5-1-2-6-14)13-9(7)10(15)16/h3-4,14H,1-2,5-6H2,(H,12,13)(H,15,16). The molecule has 1 rings (SSSR count). The number of aliphatic hydroxyl groups is 1. The van der Waals surface area contributed by atoms with Gasteiger partial charge in [-0.1, -0.05) is 11.6 Å². The van der Waals surface area contributed by atoms with E-state index in [1.807, 2.05) is 0 Å². The second kappa shape index (κ2) is 6.30. The molecule has 0 saturated carbocycles. The maximum absolute atomic E-state index is 10.7. The van der Waals surface area contributed by atoms with E-state index >= 15 is 0 Å². The summed E-state index contributed by atoms with van der Waals surface area (Å²) >= 11 is 5.67. The Morgan fingerprint density at radius 2 is 2.19 bits per heavy atom. The van der Waals surface area contributed by atoms with Crippen LogP contribution in [0.2, 0.25) is 5.02 Å². The highest BCUT2D eigenvalue weighted by molar-refractivity contribution is 6.33. The molecule has 0 aliphatic heterocycles. The fourth-order valence-corrected chi connectivity index (χ4v) is 1.33. The molecule has 1 heterocycles. The van der Waals surface area contributed by atoms with Crippen LogP contribution < -0.4 is 5.32 Å². The molecule has 0 aromatic carbocycles. The number of carboxylic acid groups (broad SMARTS) is 1. The van der Waals surface area contributed by atoms with E-state index in [0.29, 0.717) is 18.8 Å². The highest BCUT2D eigenvalue weighted by Gasteiger charge is 2.10. The molecule has 0 atom stereocenters. The number of nitrogens with one attached hydrogen (secondary N) is 1. The number of pyridine rings is 1. The van der Waals surface area contributed by atoms with Gasteiger partial charge in [0, 0.05) is 13.2 Å². The number of rotatable bonds is 6. The molecule has 1 aromatic rings. The predicted molar refractivity (Wildman–Crippen MR) is 61.0 cm³/mol. The topological polar surface area (TPSA) is 82.5 Å². The molecule has 0 amide bonds. The van der Waals surface area contributed by atoms with Crippen molar-refractivity contribution in [2.24, 2.45) is 0 Å². The van der Waals surface area contributed by atoms with Crippen LogP contribution in [-0.4, -0.2) is 34.3 Å². The van der Waals surface area contributed by atoms with Crippen LogP contribution in [0.1, 0.15) is 23.3 Å². The maximum Gasteiger partial charge on any atom is 0.356 e. The van der Waals surface area contributed by atoms with Crippen molar-refractivity contribution in [3.05, 3.63) is 22.8 Å². The molecule has 0 aliphatic rings. The Labute approximate surface area is 98.1 Å². The first kappa shape index (κ1) is 12.7. The zero-order valence-electron chi connectivity index (χ0n) is 8.61. The summed E-state index contributed by atoms with van der Waals surface area (Å²) in [5.41, 5.74) is -0.158. The van der Waals surface area contributed by atoms with E-state index in [9.17, 15) is 4.79 Å². The van der Waals surface area contributed by atoms with E-state index in [0.717, 1.165) is 6.42 Å². The number of halogens is 1. The van der Waals surface area contributed by atoms with Crippen LogP contribution in [0.15, 0.2) is 12.1 Å². The van der Waals surface area contributed by atoms with E-state index in [-0.39, 0.29) is 17.3 Å². The molecule has 0 saturated heterocycles. The third-order valence-corrected chi connectivity index (χ3v) is 2.24. The maximum atomic E-state index is 10.7. The third-order valence-electron chi connectivity index (χ3n) is 1.94. The lowest BCUT2D eigenvalue weighted by Gasteiger charge is -2.06. The number of hydrogen-bond acceptors (Lipinski definition) is 4. The molecule has 16 heavy (non-hydrogen) atoms. The molecular formula is C10H13ClN2O3. The summed E-state index contributed by atoms with van der Waals surface area (Å²) in [5, 5.41) is 20.4. The van der Waals surface area contributed by atoms with Crippen LogP contribution in [0.3, 0.4) is 0 Å². The molecule has 0 radical (unpaired) electrons. The van der Waals surface area contributed by atoms with Crippen LogP contribution in [0, 0.1) is 0 Å². The molecule has 5 nitrogen and oxygen atoms in total. The predicted octanol–water partition coefficient (Wildman–Crippen LogP) is 1.62. The minimum atomic E-state index is -1.15. The largest absolute Gasteiger partial charge is 0.476 e. The smallest absolute Gasteiger partial charge is 0.356 e. The Morgan fingerprint density at radius 3 is 2.81 bits per heavy atom. The summed E-state index contributed by atoms with van der Waals surface area (Å²) in [6, 6.07) is 3.11. The fraction of sp³-hybridized carbons (Fsp3) is 0.400. The van der Waals surface area contributed by atoms with E-state index in [2.05, 4.69) is 10.3 Å². The molecule has 0 unspecified atom stereocenters. The van der Waals surface area contributed by atoms with Crippen molar-refractivity contribution in [3.8, 4) is 0 Å².